The van der Waals surface area contributed by atoms with Crippen molar-refractivity contribution in [3.05, 3.63) is 41.1 Å². The molecule has 0 aliphatic rings. The highest BCUT2D eigenvalue weighted by Crippen LogP contribution is 2.22. The first-order valence-electron chi connectivity index (χ1n) is 5.95. The zero-order valence-electron chi connectivity index (χ0n) is 10.3. The van der Waals surface area contributed by atoms with E-state index >= 15 is 0 Å². The quantitative estimate of drug-likeness (QED) is 0.748. The maximum atomic E-state index is 11.1. The minimum atomic E-state index is -0.453. The van der Waals surface area contributed by atoms with E-state index in [0.717, 1.165) is 17.7 Å². The number of fused-ring (bicyclic) bond motifs is 1. The summed E-state index contributed by atoms with van der Waals surface area (Å²) < 4.78 is 5.03. The van der Waals surface area contributed by atoms with E-state index in [1.165, 1.54) is 0 Å². The average molecular weight is 256 g/mol. The lowest BCUT2D eigenvalue weighted by Gasteiger charge is -2.03. The first kappa shape index (κ1) is 11.5. The van der Waals surface area contributed by atoms with Crippen molar-refractivity contribution >= 4 is 17.0 Å². The molecular formula is C13H12N4O2. The summed E-state index contributed by atoms with van der Waals surface area (Å²) in [5, 5.41) is 3.03. The van der Waals surface area contributed by atoms with Gasteiger partial charge in [0.2, 0.25) is 5.95 Å². The van der Waals surface area contributed by atoms with Gasteiger partial charge in [-0.2, -0.15) is 0 Å². The van der Waals surface area contributed by atoms with E-state index in [1.807, 2.05) is 13.0 Å². The lowest BCUT2D eigenvalue weighted by atomic mass is 10.1. The number of anilines is 1. The summed E-state index contributed by atoms with van der Waals surface area (Å²) in [4.78, 5) is 22.1. The number of nitrogens with one attached hydrogen (secondary N) is 2. The minimum Gasteiger partial charge on any atom is -0.408 e. The normalized spacial score (nSPS) is 10.8. The van der Waals surface area contributed by atoms with Gasteiger partial charge < -0.3 is 9.73 Å². The third-order valence-corrected chi connectivity index (χ3v) is 2.74. The Bertz CT molecular complexity index is 758. The molecule has 6 heteroatoms. The fourth-order valence-electron chi connectivity index (χ4n) is 1.85. The van der Waals surface area contributed by atoms with Crippen molar-refractivity contribution in [3.63, 3.8) is 0 Å². The largest absolute Gasteiger partial charge is 0.417 e. The van der Waals surface area contributed by atoms with Crippen LogP contribution in [0.4, 0.5) is 5.95 Å². The fourth-order valence-corrected chi connectivity index (χ4v) is 1.85. The van der Waals surface area contributed by atoms with E-state index in [-0.39, 0.29) is 0 Å². The van der Waals surface area contributed by atoms with Crippen molar-refractivity contribution in [2.75, 3.05) is 11.9 Å². The van der Waals surface area contributed by atoms with Gasteiger partial charge in [0.25, 0.3) is 0 Å². The van der Waals surface area contributed by atoms with E-state index in [2.05, 4.69) is 20.3 Å². The summed E-state index contributed by atoms with van der Waals surface area (Å²) in [7, 11) is 0. The lowest BCUT2D eigenvalue weighted by Crippen LogP contribution is -2.01. The highest BCUT2D eigenvalue weighted by atomic mass is 16.4. The predicted octanol–water partition coefficient (Wildman–Crippen LogP) is 2.01. The molecule has 0 saturated carbocycles. The molecule has 2 aromatic heterocycles. The third kappa shape index (κ3) is 2.20. The van der Waals surface area contributed by atoms with Crippen LogP contribution in [0.2, 0.25) is 0 Å². The van der Waals surface area contributed by atoms with E-state index in [0.29, 0.717) is 17.0 Å². The van der Waals surface area contributed by atoms with Crippen LogP contribution in [0.1, 0.15) is 6.92 Å². The van der Waals surface area contributed by atoms with Crippen LogP contribution in [0.5, 0.6) is 0 Å². The van der Waals surface area contributed by atoms with Crippen LogP contribution in [0, 0.1) is 0 Å². The Hall–Kier alpha value is -2.63. The van der Waals surface area contributed by atoms with Crippen LogP contribution in [0.25, 0.3) is 22.2 Å². The molecule has 0 fully saturated rings. The van der Waals surface area contributed by atoms with Crippen molar-refractivity contribution in [1.29, 1.82) is 0 Å². The summed E-state index contributed by atoms with van der Waals surface area (Å²) in [6.45, 7) is 2.76. The number of oxazole rings is 1. The van der Waals surface area contributed by atoms with Gasteiger partial charge in [0.1, 0.15) is 0 Å². The third-order valence-electron chi connectivity index (χ3n) is 2.74. The Morgan fingerprint density at radius 1 is 1.26 bits per heavy atom. The van der Waals surface area contributed by atoms with Crippen LogP contribution < -0.4 is 11.1 Å². The maximum Gasteiger partial charge on any atom is 0.417 e. The second kappa shape index (κ2) is 4.56. The molecule has 3 aromatic rings. The molecule has 19 heavy (non-hydrogen) atoms. The summed E-state index contributed by atoms with van der Waals surface area (Å²) in [6.07, 6.45) is 3.47. The number of aromatic nitrogens is 3. The Morgan fingerprint density at radius 3 is 2.79 bits per heavy atom. The monoisotopic (exact) mass is 256 g/mol. The van der Waals surface area contributed by atoms with Gasteiger partial charge in [0, 0.05) is 24.5 Å². The van der Waals surface area contributed by atoms with Gasteiger partial charge in [0.05, 0.1) is 5.52 Å². The molecule has 0 atom stereocenters. The Kier molecular flexibility index (Phi) is 2.75. The Morgan fingerprint density at radius 2 is 2.05 bits per heavy atom. The van der Waals surface area contributed by atoms with E-state index in [1.54, 1.807) is 24.5 Å². The highest BCUT2D eigenvalue weighted by Gasteiger charge is 2.05. The second-order valence-electron chi connectivity index (χ2n) is 4.05. The van der Waals surface area contributed by atoms with Crippen molar-refractivity contribution < 1.29 is 4.42 Å². The van der Waals surface area contributed by atoms with Crippen molar-refractivity contribution in [2.24, 2.45) is 0 Å². The minimum absolute atomic E-state index is 0.453. The molecule has 0 spiro atoms. The SMILES string of the molecule is CCNc1ncc(-c2ccc3[nH]c(=O)oc3c2)cn1. The van der Waals surface area contributed by atoms with Crippen LogP contribution in [-0.4, -0.2) is 21.5 Å². The Labute approximate surface area is 108 Å². The number of nitrogens with zero attached hydrogens (tertiary/aromatic N) is 2. The molecule has 2 heterocycles. The zero-order valence-corrected chi connectivity index (χ0v) is 10.3. The highest BCUT2D eigenvalue weighted by molar-refractivity contribution is 5.79. The van der Waals surface area contributed by atoms with Gasteiger partial charge in [-0.1, -0.05) is 6.07 Å². The molecule has 96 valence electrons. The molecule has 0 aliphatic heterocycles. The van der Waals surface area contributed by atoms with Gasteiger partial charge in [-0.25, -0.2) is 14.8 Å². The number of rotatable bonds is 3. The summed E-state index contributed by atoms with van der Waals surface area (Å²) >= 11 is 0. The molecule has 6 nitrogen and oxygen atoms in total. The first-order valence-corrected chi connectivity index (χ1v) is 5.95. The van der Waals surface area contributed by atoms with Gasteiger partial charge in [0.15, 0.2) is 5.58 Å². The fraction of sp³-hybridized carbons (Fsp3) is 0.154. The maximum absolute atomic E-state index is 11.1. The van der Waals surface area contributed by atoms with Gasteiger partial charge in [-0.3, -0.25) is 4.98 Å². The van der Waals surface area contributed by atoms with Crippen LogP contribution in [-0.2, 0) is 0 Å². The van der Waals surface area contributed by atoms with Crippen LogP contribution in [0.15, 0.2) is 39.8 Å². The number of benzene rings is 1. The standard InChI is InChI=1S/C13H12N4O2/c1-2-14-12-15-6-9(7-16-12)8-3-4-10-11(5-8)19-13(18)17-10/h3-7H,2H2,1H3,(H,17,18)(H,14,15,16). The molecule has 1 aromatic carbocycles. The van der Waals surface area contributed by atoms with Gasteiger partial charge in [-0.15, -0.1) is 0 Å². The number of hydrogen-bond donors (Lipinski definition) is 2. The van der Waals surface area contributed by atoms with E-state index in [9.17, 15) is 4.79 Å². The van der Waals surface area contributed by atoms with E-state index < -0.39 is 5.76 Å². The second-order valence-corrected chi connectivity index (χ2v) is 4.05. The Balaban J connectivity index is 2.00. The molecule has 0 radical (unpaired) electrons. The number of H-pyrrole nitrogens is 1. The molecular weight excluding hydrogens is 244 g/mol. The molecule has 0 amide bonds. The number of hydrogen-bond acceptors (Lipinski definition) is 5. The molecule has 0 unspecified atom stereocenters. The molecule has 2 N–H and O–H groups in total. The van der Waals surface area contributed by atoms with E-state index in [4.69, 9.17) is 4.42 Å². The van der Waals surface area contributed by atoms with Crippen LogP contribution >= 0.6 is 0 Å². The topological polar surface area (TPSA) is 83.8 Å². The summed E-state index contributed by atoms with van der Waals surface area (Å²) in [6, 6.07) is 5.48. The van der Waals surface area contributed by atoms with Gasteiger partial charge >= 0.3 is 5.76 Å². The van der Waals surface area contributed by atoms with Crippen molar-refractivity contribution in [1.82, 2.24) is 15.0 Å². The lowest BCUT2D eigenvalue weighted by molar-refractivity contribution is 0.555. The smallest absolute Gasteiger partial charge is 0.408 e. The molecule has 0 saturated heterocycles. The molecule has 0 aliphatic carbocycles. The zero-order chi connectivity index (χ0) is 13.2. The van der Waals surface area contributed by atoms with Crippen molar-refractivity contribution in [2.45, 2.75) is 6.92 Å². The predicted molar refractivity (Wildman–Crippen MR) is 72.0 cm³/mol. The van der Waals surface area contributed by atoms with Gasteiger partial charge in [-0.05, 0) is 24.6 Å². The van der Waals surface area contributed by atoms with Crippen LogP contribution in [0.3, 0.4) is 0 Å². The molecule has 3 rings (SSSR count). The molecule has 0 bridgehead atoms. The summed E-state index contributed by atoms with van der Waals surface area (Å²) in [5.41, 5.74) is 2.97. The average Bonchev–Trinajstić information content (AvgIpc) is 2.79. The number of aromatic amines is 1. The first-order chi connectivity index (χ1) is 9.26. The summed E-state index contributed by atoms with van der Waals surface area (Å²) in [5.74, 6) is 0.145. The van der Waals surface area contributed by atoms with Crippen molar-refractivity contribution in [3.8, 4) is 11.1 Å².